The molecule has 10 heteroatoms. The molecule has 3 aromatic rings. The minimum Gasteiger partial charge on any atom is -0.466 e. The highest BCUT2D eigenvalue weighted by molar-refractivity contribution is 5.86. The summed E-state index contributed by atoms with van der Waals surface area (Å²) in [4.78, 5) is 13.5. The second-order valence-electron chi connectivity index (χ2n) is 8.00. The van der Waals surface area contributed by atoms with Crippen molar-refractivity contribution >= 4 is 22.6 Å². The van der Waals surface area contributed by atoms with Gasteiger partial charge in [-0.15, -0.1) is 0 Å². The van der Waals surface area contributed by atoms with E-state index in [1.54, 1.807) is 18.7 Å². The molecule has 0 spiro atoms. The molecule has 0 bridgehead atoms. The molecule has 1 aromatic heterocycles. The van der Waals surface area contributed by atoms with E-state index in [0.717, 1.165) is 24.3 Å². The molecule has 0 radical (unpaired) electrons. The van der Waals surface area contributed by atoms with Gasteiger partial charge in [-0.1, -0.05) is 0 Å². The zero-order chi connectivity index (χ0) is 24.1. The Labute approximate surface area is 185 Å². The summed E-state index contributed by atoms with van der Waals surface area (Å²) in [5.74, 6) is -0.813. The summed E-state index contributed by atoms with van der Waals surface area (Å²) < 4.78 is 86.6. The molecule has 2 aromatic carbocycles. The van der Waals surface area contributed by atoms with Crippen molar-refractivity contribution < 1.29 is 35.9 Å². The van der Waals surface area contributed by atoms with Gasteiger partial charge in [-0.05, 0) is 55.8 Å². The third-order valence-corrected chi connectivity index (χ3v) is 5.71. The number of alkyl halides is 6. The van der Waals surface area contributed by atoms with E-state index in [4.69, 9.17) is 4.74 Å². The van der Waals surface area contributed by atoms with Gasteiger partial charge in [-0.2, -0.15) is 26.3 Å². The number of benzene rings is 2. The summed E-state index contributed by atoms with van der Waals surface area (Å²) >= 11 is 0. The van der Waals surface area contributed by atoms with Crippen LogP contribution in [0, 0.1) is 12.8 Å². The van der Waals surface area contributed by atoms with E-state index in [1.807, 2.05) is 0 Å². The highest BCUT2D eigenvalue weighted by Crippen LogP contribution is 2.38. The summed E-state index contributed by atoms with van der Waals surface area (Å²) in [7, 11) is 0. The van der Waals surface area contributed by atoms with Crippen molar-refractivity contribution in [2.24, 2.45) is 5.92 Å². The molecule has 1 fully saturated rings. The molecule has 0 amide bonds. The smallest absolute Gasteiger partial charge is 0.416 e. The molecule has 4 nitrogen and oxygen atoms in total. The average molecular weight is 470 g/mol. The molecule has 1 saturated heterocycles. The van der Waals surface area contributed by atoms with E-state index >= 15 is 0 Å². The van der Waals surface area contributed by atoms with Crippen LogP contribution in [0.2, 0.25) is 0 Å². The number of hydrogen-bond donors (Lipinski definition) is 0. The van der Waals surface area contributed by atoms with Crippen molar-refractivity contribution in [2.45, 2.75) is 26.2 Å². The molecular weight excluding hydrogens is 450 g/mol. The average Bonchev–Trinajstić information content (AvgIpc) is 3.02. The van der Waals surface area contributed by atoms with Crippen LogP contribution in [0.25, 0.3) is 16.6 Å². The molecule has 4 rings (SSSR count). The summed E-state index contributed by atoms with van der Waals surface area (Å²) in [5, 5.41) is 0.301. The Morgan fingerprint density at radius 2 is 1.61 bits per heavy atom. The van der Waals surface area contributed by atoms with E-state index in [0.29, 0.717) is 16.5 Å². The van der Waals surface area contributed by atoms with Gasteiger partial charge in [-0.25, -0.2) is 0 Å². The third-order valence-electron chi connectivity index (χ3n) is 5.71. The number of hydrogen-bond acceptors (Lipinski definition) is 3. The minimum absolute atomic E-state index is 0.164. The molecule has 0 atom stereocenters. The van der Waals surface area contributed by atoms with Gasteiger partial charge >= 0.3 is 18.3 Å². The second kappa shape index (κ2) is 8.00. The largest absolute Gasteiger partial charge is 0.466 e. The van der Waals surface area contributed by atoms with Crippen molar-refractivity contribution in [3.8, 4) is 5.69 Å². The number of ether oxygens (including phenoxy) is 1. The van der Waals surface area contributed by atoms with Crippen molar-refractivity contribution in [1.82, 2.24) is 4.57 Å². The van der Waals surface area contributed by atoms with E-state index in [1.165, 1.54) is 22.9 Å². The Balaban J connectivity index is 1.76. The predicted molar refractivity (Wildman–Crippen MR) is 110 cm³/mol. The summed E-state index contributed by atoms with van der Waals surface area (Å²) in [6.45, 7) is 3.94. The van der Waals surface area contributed by atoms with Crippen LogP contribution < -0.4 is 4.90 Å². The highest BCUT2D eigenvalue weighted by Gasteiger charge is 2.37. The molecule has 0 unspecified atom stereocenters. The number of halogens is 6. The lowest BCUT2D eigenvalue weighted by Gasteiger charge is -2.39. The number of esters is 1. The third kappa shape index (κ3) is 4.38. The first-order valence-electron chi connectivity index (χ1n) is 10.2. The highest BCUT2D eigenvalue weighted by atomic mass is 19.4. The van der Waals surface area contributed by atoms with Crippen LogP contribution in [0.15, 0.2) is 42.6 Å². The fourth-order valence-electron chi connectivity index (χ4n) is 3.96. The van der Waals surface area contributed by atoms with Crippen molar-refractivity contribution in [1.29, 1.82) is 0 Å². The lowest BCUT2D eigenvalue weighted by molar-refractivity contribution is -0.149. The number of aromatic nitrogens is 1. The molecule has 2 heterocycles. The van der Waals surface area contributed by atoms with Gasteiger partial charge in [-0.3, -0.25) is 4.79 Å². The molecule has 0 saturated carbocycles. The topological polar surface area (TPSA) is 34.5 Å². The van der Waals surface area contributed by atoms with Gasteiger partial charge in [0.25, 0.3) is 0 Å². The van der Waals surface area contributed by atoms with E-state index in [9.17, 15) is 31.1 Å². The first-order valence-corrected chi connectivity index (χ1v) is 10.2. The summed E-state index contributed by atoms with van der Waals surface area (Å²) in [5.41, 5.74) is -0.420. The predicted octanol–water partition coefficient (Wildman–Crippen LogP) is 5.98. The van der Waals surface area contributed by atoms with Gasteiger partial charge in [0, 0.05) is 36.0 Å². The Bertz CT molecular complexity index is 1210. The van der Waals surface area contributed by atoms with E-state index in [2.05, 4.69) is 0 Å². The molecule has 1 aliphatic rings. The number of aryl methyl sites for hydroxylation is 1. The maximum Gasteiger partial charge on any atom is 0.416 e. The normalized spacial score (nSPS) is 15.1. The lowest BCUT2D eigenvalue weighted by atomic mass is 9.98. The van der Waals surface area contributed by atoms with Gasteiger partial charge in [0.2, 0.25) is 0 Å². The number of rotatable bonds is 4. The maximum atomic E-state index is 13.6. The standard InChI is InChI=1S/C23H20F6N2O2/c1-3-33-21(32)14-11-30(12-14)17-6-16(23(27,28)29)7-18(9-17)31-10-13(2)19-8-15(22(24,25)26)4-5-20(19)31/h4-10,14H,3,11-12H2,1-2H3. The molecule has 176 valence electrons. The van der Waals surface area contributed by atoms with Gasteiger partial charge in [0.15, 0.2) is 0 Å². The Hall–Kier alpha value is -3.17. The van der Waals surface area contributed by atoms with Crippen LogP contribution >= 0.6 is 0 Å². The van der Waals surface area contributed by atoms with Crippen molar-refractivity contribution in [3.05, 3.63) is 59.3 Å². The number of fused-ring (bicyclic) bond motifs is 1. The molecular formula is C23H20F6N2O2. The van der Waals surface area contributed by atoms with E-state index < -0.39 is 35.4 Å². The number of anilines is 1. The van der Waals surface area contributed by atoms with E-state index in [-0.39, 0.29) is 31.1 Å². The van der Waals surface area contributed by atoms with Crippen molar-refractivity contribution in [2.75, 3.05) is 24.6 Å². The van der Waals surface area contributed by atoms with Gasteiger partial charge in [0.1, 0.15) is 0 Å². The fraction of sp³-hybridized carbons (Fsp3) is 0.348. The quantitative estimate of drug-likeness (QED) is 0.348. The number of carbonyl (C=O) groups excluding carboxylic acids is 1. The fourth-order valence-corrected chi connectivity index (χ4v) is 3.96. The Morgan fingerprint density at radius 1 is 0.970 bits per heavy atom. The number of carbonyl (C=O) groups is 1. The SMILES string of the molecule is CCOC(=O)C1CN(c2cc(-n3cc(C)c4cc(C(F)(F)F)ccc43)cc(C(F)(F)F)c2)C1. The van der Waals surface area contributed by atoms with Crippen LogP contribution in [0.5, 0.6) is 0 Å². The summed E-state index contributed by atoms with van der Waals surface area (Å²) in [6, 6.07) is 6.66. The monoisotopic (exact) mass is 470 g/mol. The molecule has 0 N–H and O–H groups in total. The van der Waals surface area contributed by atoms with Crippen LogP contribution in [0.4, 0.5) is 32.0 Å². The zero-order valence-electron chi connectivity index (χ0n) is 17.7. The van der Waals surface area contributed by atoms with Crippen LogP contribution in [0.1, 0.15) is 23.6 Å². The second-order valence-corrected chi connectivity index (χ2v) is 8.00. The van der Waals surface area contributed by atoms with Crippen LogP contribution in [-0.2, 0) is 21.9 Å². The molecule has 0 aliphatic carbocycles. The summed E-state index contributed by atoms with van der Waals surface area (Å²) in [6.07, 6.45) is -7.64. The first-order chi connectivity index (χ1) is 15.4. The molecule has 33 heavy (non-hydrogen) atoms. The van der Waals surface area contributed by atoms with Crippen molar-refractivity contribution in [3.63, 3.8) is 0 Å². The molecule has 1 aliphatic heterocycles. The van der Waals surface area contributed by atoms with Gasteiger partial charge < -0.3 is 14.2 Å². The number of nitrogens with zero attached hydrogens (tertiary/aromatic N) is 2. The van der Waals surface area contributed by atoms with Crippen LogP contribution in [-0.4, -0.2) is 30.2 Å². The minimum atomic E-state index is -4.63. The van der Waals surface area contributed by atoms with Crippen LogP contribution in [0.3, 0.4) is 0 Å². The maximum absolute atomic E-state index is 13.6. The zero-order valence-corrected chi connectivity index (χ0v) is 17.7. The van der Waals surface area contributed by atoms with Gasteiger partial charge in [0.05, 0.1) is 29.2 Å². The Morgan fingerprint density at radius 3 is 2.21 bits per heavy atom. The Kier molecular flexibility index (Phi) is 5.58. The lowest BCUT2D eigenvalue weighted by Crippen LogP contribution is -2.51. The first kappa shape index (κ1) is 23.0.